The van der Waals surface area contributed by atoms with Gasteiger partial charge in [-0.05, 0) is 29.0 Å². The van der Waals surface area contributed by atoms with Crippen LogP contribution in [0.5, 0.6) is 5.75 Å². The Bertz CT molecular complexity index is 1010. The number of nitrogens with zero attached hydrogens (tertiary/aromatic N) is 2. The van der Waals surface area contributed by atoms with Crippen molar-refractivity contribution in [3.05, 3.63) is 59.9 Å². The molecule has 2 heterocycles. The van der Waals surface area contributed by atoms with Gasteiger partial charge in [0.15, 0.2) is 5.88 Å². The highest BCUT2D eigenvalue weighted by Gasteiger charge is 2.15. The molecule has 7 heteroatoms. The van der Waals surface area contributed by atoms with E-state index >= 15 is 0 Å². The summed E-state index contributed by atoms with van der Waals surface area (Å²) in [7, 11) is 1.54. The Kier molecular flexibility index (Phi) is 5.25. The summed E-state index contributed by atoms with van der Waals surface area (Å²) in [5.74, 6) is 1.48. The van der Waals surface area contributed by atoms with E-state index in [0.29, 0.717) is 30.3 Å². The Hall–Kier alpha value is -3.32. The number of nitrogens with one attached hydrogen (secondary N) is 1. The van der Waals surface area contributed by atoms with Gasteiger partial charge < -0.3 is 18.8 Å². The van der Waals surface area contributed by atoms with Gasteiger partial charge in [0.1, 0.15) is 11.5 Å². The minimum atomic E-state index is -0.348. The van der Waals surface area contributed by atoms with Crippen LogP contribution < -0.4 is 15.1 Å². The molecule has 1 aliphatic heterocycles. The molecule has 1 fully saturated rings. The van der Waals surface area contributed by atoms with Crippen molar-refractivity contribution in [2.45, 2.75) is 0 Å². The predicted octanol–water partition coefficient (Wildman–Crippen LogP) is 3.04. The summed E-state index contributed by atoms with van der Waals surface area (Å²) in [4.78, 5) is 14.7. The maximum atomic E-state index is 12.6. The van der Waals surface area contributed by atoms with Crippen molar-refractivity contribution in [1.82, 2.24) is 5.43 Å². The molecule has 2 aromatic carbocycles. The van der Waals surface area contributed by atoms with Crippen molar-refractivity contribution in [3.63, 3.8) is 0 Å². The second kappa shape index (κ2) is 8.14. The summed E-state index contributed by atoms with van der Waals surface area (Å²) in [6, 6.07) is 15.1. The first-order valence-corrected chi connectivity index (χ1v) is 9.07. The highest BCUT2D eigenvalue weighted by Crippen LogP contribution is 2.26. The van der Waals surface area contributed by atoms with Crippen LogP contribution in [0.1, 0.15) is 16.1 Å². The average molecular weight is 379 g/mol. The maximum Gasteiger partial charge on any atom is 0.275 e. The van der Waals surface area contributed by atoms with Crippen molar-refractivity contribution in [1.29, 1.82) is 0 Å². The van der Waals surface area contributed by atoms with Crippen molar-refractivity contribution in [3.8, 4) is 5.75 Å². The number of furan rings is 1. The van der Waals surface area contributed by atoms with Gasteiger partial charge in [-0.2, -0.15) is 5.10 Å². The number of benzene rings is 2. The summed E-state index contributed by atoms with van der Waals surface area (Å²) < 4.78 is 16.5. The zero-order valence-corrected chi connectivity index (χ0v) is 15.6. The van der Waals surface area contributed by atoms with Crippen LogP contribution in [0.2, 0.25) is 0 Å². The highest BCUT2D eigenvalue weighted by molar-refractivity contribution is 6.01. The zero-order valence-electron chi connectivity index (χ0n) is 15.6. The predicted molar refractivity (Wildman–Crippen MR) is 107 cm³/mol. The monoisotopic (exact) mass is 379 g/mol. The van der Waals surface area contributed by atoms with Gasteiger partial charge in [0.05, 0.1) is 32.1 Å². The van der Waals surface area contributed by atoms with E-state index in [0.717, 1.165) is 29.7 Å². The summed E-state index contributed by atoms with van der Waals surface area (Å²) >= 11 is 0. The molecular formula is C21H21N3O4. The van der Waals surface area contributed by atoms with Crippen LogP contribution in [-0.2, 0) is 4.74 Å². The molecule has 0 saturated carbocycles. The van der Waals surface area contributed by atoms with E-state index in [9.17, 15) is 4.79 Å². The first-order chi connectivity index (χ1) is 13.7. The third-order valence-corrected chi connectivity index (χ3v) is 4.61. The Morgan fingerprint density at radius 2 is 1.89 bits per heavy atom. The van der Waals surface area contributed by atoms with E-state index in [1.165, 1.54) is 6.21 Å². The number of hydrazone groups is 1. The third-order valence-electron chi connectivity index (χ3n) is 4.61. The van der Waals surface area contributed by atoms with Crippen molar-refractivity contribution >= 4 is 28.8 Å². The van der Waals surface area contributed by atoms with Crippen LogP contribution in [0.3, 0.4) is 0 Å². The van der Waals surface area contributed by atoms with Gasteiger partial charge in [-0.15, -0.1) is 0 Å². The number of anilines is 1. The normalized spacial score (nSPS) is 14.5. The third kappa shape index (κ3) is 3.84. The van der Waals surface area contributed by atoms with E-state index in [4.69, 9.17) is 13.9 Å². The van der Waals surface area contributed by atoms with Crippen LogP contribution in [0.4, 0.5) is 5.88 Å². The second-order valence-corrected chi connectivity index (χ2v) is 6.37. The molecule has 0 bridgehead atoms. The van der Waals surface area contributed by atoms with Crippen molar-refractivity contribution in [2.24, 2.45) is 5.10 Å². The van der Waals surface area contributed by atoms with Gasteiger partial charge in [-0.25, -0.2) is 5.43 Å². The Labute approximate surface area is 162 Å². The molecule has 28 heavy (non-hydrogen) atoms. The topological polar surface area (TPSA) is 76.3 Å². The van der Waals surface area contributed by atoms with Crippen LogP contribution in [0.15, 0.2) is 58.0 Å². The first-order valence-electron chi connectivity index (χ1n) is 9.07. The maximum absolute atomic E-state index is 12.6. The van der Waals surface area contributed by atoms with Crippen LogP contribution in [0, 0.1) is 0 Å². The molecule has 1 amide bonds. The van der Waals surface area contributed by atoms with Gasteiger partial charge in [0.25, 0.3) is 5.91 Å². The number of fused-ring (bicyclic) bond motifs is 1. The van der Waals surface area contributed by atoms with E-state index in [1.54, 1.807) is 13.2 Å². The van der Waals surface area contributed by atoms with E-state index < -0.39 is 0 Å². The van der Waals surface area contributed by atoms with Gasteiger partial charge in [0.2, 0.25) is 0 Å². The van der Waals surface area contributed by atoms with E-state index in [1.807, 2.05) is 42.5 Å². The average Bonchev–Trinajstić information content (AvgIpc) is 3.22. The minimum Gasteiger partial charge on any atom is -0.496 e. The van der Waals surface area contributed by atoms with Gasteiger partial charge in [-0.3, -0.25) is 4.79 Å². The number of morpholine rings is 1. The minimum absolute atomic E-state index is 0.348. The van der Waals surface area contributed by atoms with Gasteiger partial charge >= 0.3 is 0 Å². The molecule has 144 valence electrons. The molecule has 0 unspecified atom stereocenters. The lowest BCUT2D eigenvalue weighted by molar-refractivity contribution is 0.0952. The van der Waals surface area contributed by atoms with Crippen molar-refractivity contribution in [2.75, 3.05) is 38.3 Å². The van der Waals surface area contributed by atoms with Crippen LogP contribution in [-0.4, -0.2) is 45.5 Å². The summed E-state index contributed by atoms with van der Waals surface area (Å²) in [5.41, 5.74) is 2.96. The smallest absolute Gasteiger partial charge is 0.275 e. The number of hydrogen-bond donors (Lipinski definition) is 1. The standard InChI is InChI=1S/C21H21N3O4/c1-26-19-13-16-5-3-2-4-15(16)12-18(19)21(25)23-22-14-17-6-7-20(28-17)24-8-10-27-11-9-24/h2-7,12-14H,8-11H2,1H3,(H,23,25). The molecule has 7 nitrogen and oxygen atoms in total. The number of carbonyl (C=O) groups is 1. The highest BCUT2D eigenvalue weighted by atomic mass is 16.5. The molecular weight excluding hydrogens is 358 g/mol. The molecule has 1 aliphatic rings. The molecule has 0 aliphatic carbocycles. The lowest BCUT2D eigenvalue weighted by Crippen LogP contribution is -2.35. The molecule has 0 radical (unpaired) electrons. The fraction of sp³-hybridized carbons (Fsp3) is 0.238. The first kappa shape index (κ1) is 18.1. The molecule has 1 saturated heterocycles. The number of ether oxygens (including phenoxy) is 2. The Morgan fingerprint density at radius 1 is 1.14 bits per heavy atom. The fourth-order valence-corrected chi connectivity index (χ4v) is 3.15. The fourth-order valence-electron chi connectivity index (χ4n) is 3.15. The lowest BCUT2D eigenvalue weighted by atomic mass is 10.1. The zero-order chi connectivity index (χ0) is 19.3. The number of rotatable bonds is 5. The lowest BCUT2D eigenvalue weighted by Gasteiger charge is -2.26. The molecule has 0 spiro atoms. The van der Waals surface area contributed by atoms with Gasteiger partial charge in [-0.1, -0.05) is 24.3 Å². The SMILES string of the molecule is COc1cc2ccccc2cc1C(=O)NN=Cc1ccc(N2CCOCC2)o1. The van der Waals surface area contributed by atoms with Crippen molar-refractivity contribution < 1.29 is 18.7 Å². The molecule has 1 N–H and O–H groups in total. The Balaban J connectivity index is 1.45. The summed E-state index contributed by atoms with van der Waals surface area (Å²) in [6.07, 6.45) is 1.48. The molecule has 0 atom stereocenters. The molecule has 3 aromatic rings. The number of amides is 1. The van der Waals surface area contributed by atoms with Crippen LogP contribution >= 0.6 is 0 Å². The van der Waals surface area contributed by atoms with Gasteiger partial charge in [0, 0.05) is 19.2 Å². The molecule has 4 rings (SSSR count). The number of methoxy groups -OCH3 is 1. The number of carbonyl (C=O) groups excluding carboxylic acids is 1. The quantitative estimate of drug-likeness (QED) is 0.545. The van der Waals surface area contributed by atoms with E-state index in [2.05, 4.69) is 15.4 Å². The largest absolute Gasteiger partial charge is 0.496 e. The van der Waals surface area contributed by atoms with Crippen LogP contribution in [0.25, 0.3) is 10.8 Å². The second-order valence-electron chi connectivity index (χ2n) is 6.37. The Morgan fingerprint density at radius 3 is 2.64 bits per heavy atom. The molecule has 1 aromatic heterocycles. The summed E-state index contributed by atoms with van der Waals surface area (Å²) in [5, 5.41) is 5.98. The summed E-state index contributed by atoms with van der Waals surface area (Å²) in [6.45, 7) is 2.97. The van der Waals surface area contributed by atoms with E-state index in [-0.39, 0.29) is 5.91 Å². The number of hydrogen-bond acceptors (Lipinski definition) is 6.